The number of nitrogens with zero attached hydrogens (tertiary/aromatic N) is 1. The van der Waals surface area contributed by atoms with E-state index < -0.39 is 5.97 Å². The molecule has 1 saturated heterocycles. The average Bonchev–Trinajstić information content (AvgIpc) is 3.18. The number of methoxy groups -OCH3 is 1. The van der Waals surface area contributed by atoms with Crippen LogP contribution in [0, 0.1) is 5.92 Å². The van der Waals surface area contributed by atoms with Gasteiger partial charge < -0.3 is 24.4 Å². The third kappa shape index (κ3) is 6.16. The minimum atomic E-state index is -0.437. The standard InChI is InChI=1S/C28H34N2O5S/c1-4-34-26(31)18-35-23-15-14-20(16-24(23)33-3)17-25-27(32)30(22-13-9-8-10-19(22)2)28(36-25)29-21-11-6-5-7-12-21/h5-7,11-12,14-17,19,22,28-29H,4,8-10,13,18H2,1-3H3/b25-17-/t19-,22-,28?/m0/s1. The molecule has 0 bridgehead atoms. The van der Waals surface area contributed by atoms with Crippen LogP contribution in [-0.2, 0) is 14.3 Å². The molecule has 1 unspecified atom stereocenters. The number of anilines is 1. The average molecular weight is 511 g/mol. The smallest absolute Gasteiger partial charge is 0.344 e. The molecule has 8 heteroatoms. The van der Waals surface area contributed by atoms with Crippen molar-refractivity contribution >= 4 is 35.4 Å². The number of ether oxygens (including phenoxy) is 3. The second kappa shape index (κ2) is 12.2. The summed E-state index contributed by atoms with van der Waals surface area (Å²) in [6, 6.07) is 15.6. The number of esters is 1. The van der Waals surface area contributed by atoms with Crippen molar-refractivity contribution in [3.05, 3.63) is 59.0 Å². The van der Waals surface area contributed by atoms with Crippen molar-refractivity contribution in [1.29, 1.82) is 0 Å². The molecule has 2 aromatic carbocycles. The fraction of sp³-hybridized carbons (Fsp3) is 0.429. The van der Waals surface area contributed by atoms with E-state index in [9.17, 15) is 9.59 Å². The number of amides is 1. The fourth-order valence-corrected chi connectivity index (χ4v) is 5.96. The molecular weight excluding hydrogens is 476 g/mol. The molecule has 1 heterocycles. The van der Waals surface area contributed by atoms with Crippen LogP contribution in [0.3, 0.4) is 0 Å². The molecule has 0 radical (unpaired) electrons. The molecule has 36 heavy (non-hydrogen) atoms. The molecule has 1 N–H and O–H groups in total. The van der Waals surface area contributed by atoms with Crippen molar-refractivity contribution in [2.75, 3.05) is 25.6 Å². The second-order valence-electron chi connectivity index (χ2n) is 9.03. The van der Waals surface area contributed by atoms with Crippen molar-refractivity contribution in [2.45, 2.75) is 51.1 Å². The summed E-state index contributed by atoms with van der Waals surface area (Å²) in [7, 11) is 1.55. The van der Waals surface area contributed by atoms with Gasteiger partial charge in [0.2, 0.25) is 0 Å². The lowest BCUT2D eigenvalue weighted by atomic mass is 9.85. The number of carbonyl (C=O) groups is 2. The number of hydrogen-bond acceptors (Lipinski definition) is 7. The Balaban J connectivity index is 1.57. The van der Waals surface area contributed by atoms with Gasteiger partial charge in [0.25, 0.3) is 5.91 Å². The van der Waals surface area contributed by atoms with Gasteiger partial charge in [-0.25, -0.2) is 4.79 Å². The lowest BCUT2D eigenvalue weighted by Crippen LogP contribution is -2.48. The summed E-state index contributed by atoms with van der Waals surface area (Å²) in [5, 5.41) is 3.56. The van der Waals surface area contributed by atoms with Gasteiger partial charge in [0.1, 0.15) is 0 Å². The van der Waals surface area contributed by atoms with Gasteiger partial charge >= 0.3 is 5.97 Å². The van der Waals surface area contributed by atoms with Crippen LogP contribution in [0.25, 0.3) is 6.08 Å². The van der Waals surface area contributed by atoms with Gasteiger partial charge in [0.15, 0.2) is 23.6 Å². The number of rotatable bonds is 9. The molecule has 7 nitrogen and oxygen atoms in total. The molecule has 3 atom stereocenters. The zero-order valence-corrected chi connectivity index (χ0v) is 21.9. The minimum Gasteiger partial charge on any atom is -0.493 e. The van der Waals surface area contributed by atoms with E-state index in [1.807, 2.05) is 53.4 Å². The summed E-state index contributed by atoms with van der Waals surface area (Å²) in [6.45, 7) is 4.11. The molecule has 0 aromatic heterocycles. The van der Waals surface area contributed by atoms with E-state index in [1.165, 1.54) is 6.42 Å². The van der Waals surface area contributed by atoms with Crippen LogP contribution in [0.1, 0.15) is 45.1 Å². The lowest BCUT2D eigenvalue weighted by Gasteiger charge is -2.39. The van der Waals surface area contributed by atoms with Crippen LogP contribution >= 0.6 is 11.8 Å². The Morgan fingerprint density at radius 2 is 1.92 bits per heavy atom. The molecule has 1 saturated carbocycles. The number of benzene rings is 2. The SMILES string of the molecule is CCOC(=O)COc1ccc(/C=C2\SC(Nc3ccccc3)N([C@H]3CCCC[C@@H]3C)C2=O)cc1OC. The first-order chi connectivity index (χ1) is 17.5. The predicted molar refractivity (Wildman–Crippen MR) is 143 cm³/mol. The van der Waals surface area contributed by atoms with Gasteiger partial charge in [-0.05, 0) is 61.6 Å². The van der Waals surface area contributed by atoms with E-state index in [1.54, 1.807) is 31.9 Å². The van der Waals surface area contributed by atoms with Gasteiger partial charge in [0.05, 0.1) is 18.6 Å². The number of para-hydroxylation sites is 1. The van der Waals surface area contributed by atoms with Crippen molar-refractivity contribution < 1.29 is 23.8 Å². The molecule has 1 aliphatic heterocycles. The third-order valence-electron chi connectivity index (χ3n) is 6.56. The Morgan fingerprint density at radius 1 is 1.14 bits per heavy atom. The summed E-state index contributed by atoms with van der Waals surface area (Å²) >= 11 is 1.54. The number of thioether (sulfide) groups is 1. The Morgan fingerprint density at radius 3 is 2.64 bits per heavy atom. The van der Waals surface area contributed by atoms with Crippen LogP contribution in [0.2, 0.25) is 0 Å². The molecule has 2 aromatic rings. The van der Waals surface area contributed by atoms with E-state index in [0.29, 0.717) is 28.9 Å². The Kier molecular flexibility index (Phi) is 8.80. The Labute approximate surface area is 217 Å². The first-order valence-electron chi connectivity index (χ1n) is 12.5. The quantitative estimate of drug-likeness (QED) is 0.351. The van der Waals surface area contributed by atoms with Crippen LogP contribution in [0.15, 0.2) is 53.4 Å². The van der Waals surface area contributed by atoms with Crippen LogP contribution in [0.5, 0.6) is 11.5 Å². The number of nitrogens with one attached hydrogen (secondary N) is 1. The van der Waals surface area contributed by atoms with E-state index in [4.69, 9.17) is 14.2 Å². The van der Waals surface area contributed by atoms with Crippen LogP contribution in [0.4, 0.5) is 5.69 Å². The minimum absolute atomic E-state index is 0.0498. The highest BCUT2D eigenvalue weighted by Gasteiger charge is 2.42. The van der Waals surface area contributed by atoms with Gasteiger partial charge in [-0.15, -0.1) is 0 Å². The molecule has 192 valence electrons. The van der Waals surface area contributed by atoms with Crippen molar-refractivity contribution in [3.8, 4) is 11.5 Å². The maximum Gasteiger partial charge on any atom is 0.344 e. The topological polar surface area (TPSA) is 77.1 Å². The highest BCUT2D eigenvalue weighted by Crippen LogP contribution is 2.42. The largest absolute Gasteiger partial charge is 0.493 e. The van der Waals surface area contributed by atoms with Crippen molar-refractivity contribution in [1.82, 2.24) is 4.90 Å². The summed E-state index contributed by atoms with van der Waals surface area (Å²) in [5.41, 5.74) is 1.64. The summed E-state index contributed by atoms with van der Waals surface area (Å²) in [6.07, 6.45) is 6.42. The molecular formula is C28H34N2O5S. The van der Waals surface area contributed by atoms with Gasteiger partial charge in [-0.3, -0.25) is 4.79 Å². The second-order valence-corrected chi connectivity index (χ2v) is 10.2. The summed E-state index contributed by atoms with van der Waals surface area (Å²) in [5.74, 6) is 1.00. The van der Waals surface area contributed by atoms with E-state index in [0.717, 1.165) is 30.5 Å². The van der Waals surface area contributed by atoms with Crippen molar-refractivity contribution in [3.63, 3.8) is 0 Å². The molecule has 1 amide bonds. The zero-order chi connectivity index (χ0) is 25.5. The van der Waals surface area contributed by atoms with Crippen LogP contribution < -0.4 is 14.8 Å². The predicted octanol–water partition coefficient (Wildman–Crippen LogP) is 5.53. The normalized spacial score (nSPS) is 23.0. The van der Waals surface area contributed by atoms with Crippen molar-refractivity contribution in [2.24, 2.45) is 5.92 Å². The first-order valence-corrected chi connectivity index (χ1v) is 13.4. The zero-order valence-electron chi connectivity index (χ0n) is 21.1. The fourth-order valence-electron chi connectivity index (χ4n) is 4.75. The monoisotopic (exact) mass is 510 g/mol. The maximum absolute atomic E-state index is 13.7. The van der Waals surface area contributed by atoms with Gasteiger partial charge in [-0.2, -0.15) is 0 Å². The molecule has 0 spiro atoms. The molecule has 2 aliphatic rings. The van der Waals surface area contributed by atoms with Crippen LogP contribution in [-0.4, -0.2) is 48.6 Å². The number of carbonyl (C=O) groups excluding carboxylic acids is 2. The van der Waals surface area contributed by atoms with Gasteiger partial charge in [-0.1, -0.05) is 55.8 Å². The van der Waals surface area contributed by atoms with Gasteiger partial charge in [0, 0.05) is 11.7 Å². The first kappa shape index (κ1) is 25.9. The molecule has 2 fully saturated rings. The summed E-state index contributed by atoms with van der Waals surface area (Å²) in [4.78, 5) is 28.1. The number of hydrogen-bond donors (Lipinski definition) is 1. The van der Waals surface area contributed by atoms with E-state index in [2.05, 4.69) is 12.2 Å². The molecule has 4 rings (SSSR count). The maximum atomic E-state index is 13.7. The molecule has 1 aliphatic carbocycles. The lowest BCUT2D eigenvalue weighted by molar-refractivity contribution is -0.145. The highest BCUT2D eigenvalue weighted by atomic mass is 32.2. The Hall–Kier alpha value is -3.13. The third-order valence-corrected chi connectivity index (χ3v) is 7.67. The summed E-state index contributed by atoms with van der Waals surface area (Å²) < 4.78 is 16.0. The highest BCUT2D eigenvalue weighted by molar-refractivity contribution is 8.05. The van der Waals surface area contributed by atoms with E-state index in [-0.39, 0.29) is 24.1 Å². The Bertz CT molecular complexity index is 1090. The van der Waals surface area contributed by atoms with E-state index >= 15 is 0 Å².